The summed E-state index contributed by atoms with van der Waals surface area (Å²) < 4.78 is 0.874. The van der Waals surface area contributed by atoms with Crippen molar-refractivity contribution in [2.24, 2.45) is 5.73 Å². The van der Waals surface area contributed by atoms with E-state index in [-0.39, 0.29) is 11.9 Å². The summed E-state index contributed by atoms with van der Waals surface area (Å²) in [6.45, 7) is 2.37. The molecule has 1 unspecified atom stereocenters. The summed E-state index contributed by atoms with van der Waals surface area (Å²) in [6, 6.07) is 5.27. The van der Waals surface area contributed by atoms with Gasteiger partial charge in [-0.05, 0) is 47.7 Å². The molecule has 16 heavy (non-hydrogen) atoms. The first-order chi connectivity index (χ1) is 7.47. The minimum absolute atomic E-state index is 0.0286. The largest absolute Gasteiger partial charge is 0.338 e. The van der Waals surface area contributed by atoms with Gasteiger partial charge in [0.15, 0.2) is 0 Å². The lowest BCUT2D eigenvalue weighted by atomic mass is 10.2. The Balaban J connectivity index is 2.92. The Hall–Kier alpha value is -0.330. The van der Waals surface area contributed by atoms with E-state index >= 15 is 0 Å². The van der Waals surface area contributed by atoms with Gasteiger partial charge in [0, 0.05) is 28.8 Å². The van der Waals surface area contributed by atoms with E-state index in [2.05, 4.69) is 22.6 Å². The number of rotatable bonds is 3. The van der Waals surface area contributed by atoms with Gasteiger partial charge in [-0.15, -0.1) is 0 Å². The summed E-state index contributed by atoms with van der Waals surface area (Å²) >= 11 is 8.01. The smallest absolute Gasteiger partial charge is 0.253 e. The molecule has 0 bridgehead atoms. The highest BCUT2D eigenvalue weighted by Gasteiger charge is 2.16. The molecular weight excluding hydrogens is 338 g/mol. The fourth-order valence-corrected chi connectivity index (χ4v) is 1.82. The Bertz CT molecular complexity index is 398. The minimum atomic E-state index is -0.0347. The van der Waals surface area contributed by atoms with Crippen LogP contribution in [0.1, 0.15) is 17.3 Å². The van der Waals surface area contributed by atoms with Gasteiger partial charge in [-0.2, -0.15) is 0 Å². The zero-order valence-electron chi connectivity index (χ0n) is 9.21. The van der Waals surface area contributed by atoms with Gasteiger partial charge in [-0.25, -0.2) is 0 Å². The Morgan fingerprint density at radius 3 is 2.75 bits per heavy atom. The lowest BCUT2D eigenvalue weighted by Crippen LogP contribution is -2.39. The molecule has 0 aromatic heterocycles. The maximum Gasteiger partial charge on any atom is 0.253 e. The van der Waals surface area contributed by atoms with Gasteiger partial charge in [0.05, 0.1) is 5.02 Å². The van der Waals surface area contributed by atoms with Gasteiger partial charge in [-0.3, -0.25) is 4.79 Å². The molecule has 0 aliphatic rings. The summed E-state index contributed by atoms with van der Waals surface area (Å²) in [5.41, 5.74) is 6.16. The number of amides is 1. The molecule has 2 N–H and O–H groups in total. The third-order valence-corrected chi connectivity index (χ3v) is 4.03. The molecule has 3 nitrogen and oxygen atoms in total. The summed E-state index contributed by atoms with van der Waals surface area (Å²) in [4.78, 5) is 13.7. The molecule has 0 saturated carbocycles. The summed E-state index contributed by atoms with van der Waals surface area (Å²) in [5, 5.41) is 0.659. The fourth-order valence-electron chi connectivity index (χ4n) is 1.19. The van der Waals surface area contributed by atoms with Crippen molar-refractivity contribution in [3.8, 4) is 0 Å². The van der Waals surface area contributed by atoms with E-state index in [4.69, 9.17) is 17.3 Å². The molecule has 1 rings (SSSR count). The second-order valence-corrected chi connectivity index (χ2v) is 5.20. The minimum Gasteiger partial charge on any atom is -0.338 e. The van der Waals surface area contributed by atoms with Crippen LogP contribution in [0, 0.1) is 3.57 Å². The van der Waals surface area contributed by atoms with Crippen molar-refractivity contribution in [1.82, 2.24) is 4.90 Å². The van der Waals surface area contributed by atoms with Crippen molar-refractivity contribution in [2.75, 3.05) is 13.6 Å². The molecule has 0 saturated heterocycles. The van der Waals surface area contributed by atoms with Gasteiger partial charge in [0.25, 0.3) is 5.91 Å². The van der Waals surface area contributed by atoms with Crippen molar-refractivity contribution in [2.45, 2.75) is 13.0 Å². The van der Waals surface area contributed by atoms with Crippen molar-refractivity contribution in [3.05, 3.63) is 32.4 Å². The molecule has 0 fully saturated rings. The Kier molecular flexibility index (Phi) is 5.01. The third-order valence-electron chi connectivity index (χ3n) is 2.49. The van der Waals surface area contributed by atoms with Gasteiger partial charge in [0.2, 0.25) is 0 Å². The molecule has 0 aliphatic heterocycles. The normalized spacial score (nSPS) is 12.3. The van der Waals surface area contributed by atoms with Crippen LogP contribution in [0.15, 0.2) is 18.2 Å². The number of carbonyl (C=O) groups is 1. The topological polar surface area (TPSA) is 46.3 Å². The standard InChI is InChI=1S/C11H14ClIN2O/c1-7(6-14)15(2)11(16)8-3-4-9(12)10(13)5-8/h3-5,7H,6,14H2,1-2H3. The van der Waals surface area contributed by atoms with Crippen LogP contribution in [0.25, 0.3) is 0 Å². The van der Waals surface area contributed by atoms with Crippen LogP contribution in [0.5, 0.6) is 0 Å². The molecule has 0 heterocycles. The number of halogens is 2. The average molecular weight is 353 g/mol. The van der Waals surface area contributed by atoms with Crippen LogP contribution in [-0.4, -0.2) is 30.4 Å². The summed E-state index contributed by atoms with van der Waals surface area (Å²) in [6.07, 6.45) is 0. The van der Waals surface area contributed by atoms with Crippen molar-refractivity contribution >= 4 is 40.1 Å². The van der Waals surface area contributed by atoms with Crippen LogP contribution in [0.4, 0.5) is 0 Å². The number of nitrogens with two attached hydrogens (primary N) is 1. The SMILES string of the molecule is CC(CN)N(C)C(=O)c1ccc(Cl)c(I)c1. The van der Waals surface area contributed by atoms with Crippen molar-refractivity contribution in [1.29, 1.82) is 0 Å². The highest BCUT2D eigenvalue weighted by Crippen LogP contribution is 2.20. The van der Waals surface area contributed by atoms with Crippen molar-refractivity contribution < 1.29 is 4.79 Å². The lowest BCUT2D eigenvalue weighted by molar-refractivity contribution is 0.0748. The molecule has 5 heteroatoms. The van der Waals surface area contributed by atoms with Crippen molar-refractivity contribution in [3.63, 3.8) is 0 Å². The number of likely N-dealkylation sites (N-methyl/N-ethyl adjacent to an activating group) is 1. The molecule has 1 amide bonds. The van der Waals surface area contributed by atoms with Gasteiger partial charge in [0.1, 0.15) is 0 Å². The summed E-state index contributed by atoms with van der Waals surface area (Å²) in [5.74, 6) is -0.0347. The number of benzene rings is 1. The zero-order chi connectivity index (χ0) is 12.3. The molecule has 1 aromatic carbocycles. The van der Waals surface area contributed by atoms with Crippen LogP contribution in [0.3, 0.4) is 0 Å². The Labute approximate surface area is 114 Å². The van der Waals surface area contributed by atoms with Gasteiger partial charge < -0.3 is 10.6 Å². The van der Waals surface area contributed by atoms with E-state index in [1.165, 1.54) is 0 Å². The molecule has 88 valence electrons. The molecule has 0 aliphatic carbocycles. The molecule has 0 spiro atoms. The summed E-state index contributed by atoms with van der Waals surface area (Å²) in [7, 11) is 1.75. The number of nitrogens with zero attached hydrogens (tertiary/aromatic N) is 1. The van der Waals surface area contributed by atoms with Gasteiger partial charge in [-0.1, -0.05) is 11.6 Å². The lowest BCUT2D eigenvalue weighted by Gasteiger charge is -2.23. The maximum absolute atomic E-state index is 12.0. The van der Waals surface area contributed by atoms with E-state index in [9.17, 15) is 4.79 Å². The number of hydrogen-bond acceptors (Lipinski definition) is 2. The predicted octanol–water partition coefficient (Wildman–Crippen LogP) is 2.36. The average Bonchev–Trinajstić information content (AvgIpc) is 2.29. The van der Waals surface area contributed by atoms with E-state index < -0.39 is 0 Å². The molecular formula is C11H14ClIN2O. The Morgan fingerprint density at radius 2 is 2.25 bits per heavy atom. The molecule has 0 radical (unpaired) electrons. The second-order valence-electron chi connectivity index (χ2n) is 3.63. The van der Waals surface area contributed by atoms with E-state index in [1.54, 1.807) is 30.1 Å². The molecule has 1 atom stereocenters. The number of hydrogen-bond donors (Lipinski definition) is 1. The molecule has 1 aromatic rings. The number of carbonyl (C=O) groups excluding carboxylic acids is 1. The predicted molar refractivity (Wildman–Crippen MR) is 74.8 cm³/mol. The third kappa shape index (κ3) is 3.09. The van der Waals surface area contributed by atoms with Crippen LogP contribution >= 0.6 is 34.2 Å². The zero-order valence-corrected chi connectivity index (χ0v) is 12.1. The van der Waals surface area contributed by atoms with E-state index in [1.807, 2.05) is 6.92 Å². The van der Waals surface area contributed by atoms with Crippen LogP contribution in [0.2, 0.25) is 5.02 Å². The van der Waals surface area contributed by atoms with Gasteiger partial charge >= 0.3 is 0 Å². The van der Waals surface area contributed by atoms with Crippen LogP contribution in [-0.2, 0) is 0 Å². The Morgan fingerprint density at radius 1 is 1.62 bits per heavy atom. The first kappa shape index (κ1) is 13.7. The fraction of sp³-hybridized carbons (Fsp3) is 0.364. The second kappa shape index (κ2) is 5.84. The highest BCUT2D eigenvalue weighted by molar-refractivity contribution is 14.1. The highest BCUT2D eigenvalue weighted by atomic mass is 127. The quantitative estimate of drug-likeness (QED) is 0.849. The first-order valence-electron chi connectivity index (χ1n) is 4.89. The van der Waals surface area contributed by atoms with E-state index in [0.717, 1.165) is 3.57 Å². The monoisotopic (exact) mass is 352 g/mol. The first-order valence-corrected chi connectivity index (χ1v) is 6.35. The maximum atomic E-state index is 12.0. The van der Waals surface area contributed by atoms with E-state index in [0.29, 0.717) is 17.1 Å². The van der Waals surface area contributed by atoms with Crippen LogP contribution < -0.4 is 5.73 Å².